The summed E-state index contributed by atoms with van der Waals surface area (Å²) in [5.41, 5.74) is 1.71. The average molecular weight is 523 g/mol. The number of aromatic nitrogens is 1. The zero-order valence-corrected chi connectivity index (χ0v) is 21.4. The van der Waals surface area contributed by atoms with Crippen LogP contribution >= 0.6 is 0 Å². The van der Waals surface area contributed by atoms with Gasteiger partial charge >= 0.3 is 0 Å². The van der Waals surface area contributed by atoms with Crippen LogP contribution < -0.4 is 19.7 Å². The van der Waals surface area contributed by atoms with Crippen LogP contribution in [-0.2, 0) is 21.4 Å². The van der Waals surface area contributed by atoms with E-state index in [0.717, 1.165) is 60.3 Å². The predicted octanol–water partition coefficient (Wildman–Crippen LogP) is 3.28. The Kier molecular flexibility index (Phi) is 6.37. The molecular formula is C27H30N4O5S. The number of anilines is 1. The number of carbonyl (C=O) groups excluding carboxylic acids is 1. The molecule has 0 aliphatic carbocycles. The molecule has 1 N–H and O–H groups in total. The summed E-state index contributed by atoms with van der Waals surface area (Å²) in [4.78, 5) is 20.2. The zero-order valence-electron chi connectivity index (χ0n) is 20.6. The molecule has 2 fully saturated rings. The van der Waals surface area contributed by atoms with E-state index in [2.05, 4.69) is 10.2 Å². The number of piperidine rings is 1. The van der Waals surface area contributed by atoms with Gasteiger partial charge in [0.05, 0.1) is 16.3 Å². The number of amides is 1. The van der Waals surface area contributed by atoms with Gasteiger partial charge in [-0.15, -0.1) is 0 Å². The molecular weight excluding hydrogens is 492 g/mol. The summed E-state index contributed by atoms with van der Waals surface area (Å²) in [6, 6.07) is 14.7. The van der Waals surface area contributed by atoms with Crippen molar-refractivity contribution in [2.24, 2.45) is 5.92 Å². The first kappa shape index (κ1) is 24.0. The van der Waals surface area contributed by atoms with Crippen LogP contribution in [0.25, 0.3) is 10.9 Å². The van der Waals surface area contributed by atoms with E-state index < -0.39 is 10.0 Å². The van der Waals surface area contributed by atoms with Crippen molar-refractivity contribution in [3.63, 3.8) is 0 Å². The lowest BCUT2D eigenvalue weighted by molar-refractivity contribution is -0.125. The van der Waals surface area contributed by atoms with Crippen LogP contribution in [0.4, 0.5) is 5.82 Å². The van der Waals surface area contributed by atoms with Crippen molar-refractivity contribution in [1.29, 1.82) is 0 Å². The number of rotatable bonds is 6. The van der Waals surface area contributed by atoms with Gasteiger partial charge < -0.3 is 19.7 Å². The van der Waals surface area contributed by atoms with Gasteiger partial charge in [0, 0.05) is 38.1 Å². The lowest BCUT2D eigenvalue weighted by Crippen LogP contribution is -2.43. The van der Waals surface area contributed by atoms with E-state index in [0.29, 0.717) is 36.8 Å². The van der Waals surface area contributed by atoms with Gasteiger partial charge in [0.2, 0.25) is 22.7 Å². The molecule has 0 spiro atoms. The molecule has 3 aromatic rings. The summed E-state index contributed by atoms with van der Waals surface area (Å²) < 4.78 is 38.2. The predicted molar refractivity (Wildman–Crippen MR) is 139 cm³/mol. The van der Waals surface area contributed by atoms with Crippen molar-refractivity contribution in [1.82, 2.24) is 14.6 Å². The Morgan fingerprint density at radius 1 is 0.973 bits per heavy atom. The van der Waals surface area contributed by atoms with Gasteiger partial charge in [-0.05, 0) is 73.7 Å². The molecule has 6 rings (SSSR count). The smallest absolute Gasteiger partial charge is 0.243 e. The number of pyridine rings is 1. The SMILES string of the molecule is O=C(NCc1ccc2c(c1)OCO2)[C@@H]1CCCN(c2ccc3cc(S(=O)(=O)N4CCCC4)ccc3n2)C1. The normalized spacial score (nSPS) is 19.9. The molecule has 3 aliphatic rings. The van der Waals surface area contributed by atoms with Gasteiger partial charge in [0.1, 0.15) is 5.82 Å². The molecule has 9 nitrogen and oxygen atoms in total. The number of nitrogens with zero attached hydrogens (tertiary/aromatic N) is 3. The fraction of sp³-hybridized carbons (Fsp3) is 0.407. The summed E-state index contributed by atoms with van der Waals surface area (Å²) in [5.74, 6) is 2.13. The molecule has 194 valence electrons. The highest BCUT2D eigenvalue weighted by Gasteiger charge is 2.28. The van der Waals surface area contributed by atoms with Crippen LogP contribution in [0.2, 0.25) is 0 Å². The minimum atomic E-state index is -3.47. The summed E-state index contributed by atoms with van der Waals surface area (Å²) in [7, 11) is -3.47. The molecule has 37 heavy (non-hydrogen) atoms. The third-order valence-electron chi connectivity index (χ3n) is 7.37. The monoisotopic (exact) mass is 522 g/mol. The fourth-order valence-corrected chi connectivity index (χ4v) is 6.84. The summed E-state index contributed by atoms with van der Waals surface area (Å²) in [6.07, 6.45) is 3.54. The van der Waals surface area contributed by atoms with Gasteiger partial charge in [-0.1, -0.05) is 6.07 Å². The Balaban J connectivity index is 1.12. The minimum absolute atomic E-state index is 0.0277. The molecule has 2 saturated heterocycles. The Labute approximate surface area is 216 Å². The number of ether oxygens (including phenoxy) is 2. The third-order valence-corrected chi connectivity index (χ3v) is 9.26. The van der Waals surface area contributed by atoms with E-state index in [-0.39, 0.29) is 18.6 Å². The second-order valence-electron chi connectivity index (χ2n) is 9.83. The first-order valence-corrected chi connectivity index (χ1v) is 14.2. The standard InChI is InChI=1S/C27H30N4O5S/c32-27(28-16-19-5-9-24-25(14-19)36-18-35-24)21-4-3-11-30(17-21)26-10-6-20-15-22(7-8-23(20)29-26)37(33,34)31-12-1-2-13-31/h5-10,14-15,21H,1-4,11-13,16-18H2,(H,28,32)/t21-/m1/s1. The molecule has 10 heteroatoms. The number of sulfonamides is 1. The van der Waals surface area contributed by atoms with E-state index in [1.54, 1.807) is 22.5 Å². The molecule has 0 bridgehead atoms. The van der Waals surface area contributed by atoms with E-state index in [1.807, 2.05) is 30.3 Å². The van der Waals surface area contributed by atoms with Crippen molar-refractivity contribution >= 4 is 32.7 Å². The van der Waals surface area contributed by atoms with Crippen molar-refractivity contribution in [2.75, 3.05) is 37.9 Å². The number of carbonyl (C=O) groups is 1. The maximum atomic E-state index is 13.0. The molecule has 0 unspecified atom stereocenters. The maximum Gasteiger partial charge on any atom is 0.243 e. The second kappa shape index (κ2) is 9.83. The van der Waals surface area contributed by atoms with Gasteiger partial charge in [-0.25, -0.2) is 13.4 Å². The number of benzene rings is 2. The number of nitrogens with one attached hydrogen (secondary N) is 1. The van der Waals surface area contributed by atoms with E-state index >= 15 is 0 Å². The van der Waals surface area contributed by atoms with Crippen molar-refractivity contribution < 1.29 is 22.7 Å². The Bertz CT molecular complexity index is 1440. The molecule has 3 aliphatic heterocycles. The summed E-state index contributed by atoms with van der Waals surface area (Å²) >= 11 is 0. The van der Waals surface area contributed by atoms with Crippen LogP contribution in [0, 0.1) is 5.92 Å². The topological polar surface area (TPSA) is 101 Å². The van der Waals surface area contributed by atoms with Gasteiger partial charge in [0.15, 0.2) is 11.5 Å². The highest BCUT2D eigenvalue weighted by atomic mass is 32.2. The Morgan fingerprint density at radius 3 is 2.68 bits per heavy atom. The van der Waals surface area contributed by atoms with E-state index in [1.165, 1.54) is 0 Å². The summed E-state index contributed by atoms with van der Waals surface area (Å²) in [5, 5.41) is 3.85. The average Bonchev–Trinajstić information content (AvgIpc) is 3.64. The second-order valence-corrected chi connectivity index (χ2v) is 11.8. The van der Waals surface area contributed by atoms with E-state index in [9.17, 15) is 13.2 Å². The highest BCUT2D eigenvalue weighted by molar-refractivity contribution is 7.89. The molecule has 1 aromatic heterocycles. The molecule has 4 heterocycles. The van der Waals surface area contributed by atoms with Crippen LogP contribution in [0.1, 0.15) is 31.2 Å². The first-order valence-electron chi connectivity index (χ1n) is 12.8. The van der Waals surface area contributed by atoms with Crippen LogP contribution in [0.3, 0.4) is 0 Å². The minimum Gasteiger partial charge on any atom is -0.454 e. The van der Waals surface area contributed by atoms with Crippen LogP contribution in [0.5, 0.6) is 11.5 Å². The summed E-state index contributed by atoms with van der Waals surface area (Å²) in [6.45, 7) is 3.24. The molecule has 1 amide bonds. The van der Waals surface area contributed by atoms with Crippen LogP contribution in [-0.4, -0.2) is 56.6 Å². The molecule has 1 atom stereocenters. The van der Waals surface area contributed by atoms with Gasteiger partial charge in [-0.3, -0.25) is 4.79 Å². The first-order chi connectivity index (χ1) is 18.0. The van der Waals surface area contributed by atoms with Crippen LogP contribution in [0.15, 0.2) is 53.4 Å². The Hall–Kier alpha value is -3.37. The van der Waals surface area contributed by atoms with Crippen molar-refractivity contribution in [2.45, 2.75) is 37.1 Å². The zero-order chi connectivity index (χ0) is 25.4. The largest absolute Gasteiger partial charge is 0.454 e. The Morgan fingerprint density at radius 2 is 1.81 bits per heavy atom. The molecule has 0 saturated carbocycles. The number of hydrogen-bond acceptors (Lipinski definition) is 7. The molecule has 2 aromatic carbocycles. The van der Waals surface area contributed by atoms with Gasteiger partial charge in [0.25, 0.3) is 0 Å². The fourth-order valence-electron chi connectivity index (χ4n) is 5.29. The number of hydrogen-bond donors (Lipinski definition) is 1. The lowest BCUT2D eigenvalue weighted by atomic mass is 9.97. The quantitative estimate of drug-likeness (QED) is 0.530. The number of fused-ring (bicyclic) bond motifs is 2. The lowest BCUT2D eigenvalue weighted by Gasteiger charge is -2.33. The third kappa shape index (κ3) is 4.83. The van der Waals surface area contributed by atoms with E-state index in [4.69, 9.17) is 14.5 Å². The van der Waals surface area contributed by atoms with Gasteiger partial charge in [-0.2, -0.15) is 4.31 Å². The highest BCUT2D eigenvalue weighted by Crippen LogP contribution is 2.32. The molecule has 0 radical (unpaired) electrons. The maximum absolute atomic E-state index is 13.0. The van der Waals surface area contributed by atoms with Crippen molar-refractivity contribution in [3.05, 3.63) is 54.1 Å². The van der Waals surface area contributed by atoms with Crippen molar-refractivity contribution in [3.8, 4) is 11.5 Å².